The molecule has 2 rings (SSSR count). The Morgan fingerprint density at radius 1 is 1.36 bits per heavy atom. The Morgan fingerprint density at radius 3 is 2.93 bits per heavy atom. The summed E-state index contributed by atoms with van der Waals surface area (Å²) < 4.78 is 0. The molecule has 4 heteroatoms. The number of rotatable bonds is 1. The molecule has 14 heavy (non-hydrogen) atoms. The van der Waals surface area contributed by atoms with Crippen molar-refractivity contribution in [2.45, 2.75) is 6.92 Å². The topological polar surface area (TPSA) is 53.2 Å². The Hall–Kier alpha value is -1.71. The summed E-state index contributed by atoms with van der Waals surface area (Å²) in [4.78, 5) is 10.9. The predicted molar refractivity (Wildman–Crippen MR) is 57.7 cm³/mol. The normalized spacial score (nSPS) is 13.5. The fourth-order valence-electron chi connectivity index (χ4n) is 1.57. The van der Waals surface area contributed by atoms with E-state index in [1.54, 1.807) is 0 Å². The second kappa shape index (κ2) is 3.57. The second-order valence-electron chi connectivity index (χ2n) is 3.26. The van der Waals surface area contributed by atoms with Gasteiger partial charge in [0, 0.05) is 20.0 Å². The van der Waals surface area contributed by atoms with Crippen LogP contribution < -0.4 is 16.0 Å². The van der Waals surface area contributed by atoms with Crippen LogP contribution in [0.2, 0.25) is 0 Å². The minimum absolute atomic E-state index is 0.0502. The molecule has 0 radical (unpaired) electrons. The van der Waals surface area contributed by atoms with Crippen molar-refractivity contribution in [1.29, 1.82) is 0 Å². The lowest BCUT2D eigenvalue weighted by Gasteiger charge is -2.22. The SMILES string of the molecule is CC(=O)Nc1cccc2c1NCCN2. The molecule has 0 unspecified atom stereocenters. The third-order valence-corrected chi connectivity index (χ3v) is 2.12. The van der Waals surface area contributed by atoms with Gasteiger partial charge < -0.3 is 16.0 Å². The van der Waals surface area contributed by atoms with Crippen LogP contribution in [-0.2, 0) is 4.79 Å². The summed E-state index contributed by atoms with van der Waals surface area (Å²) in [6, 6.07) is 5.80. The monoisotopic (exact) mass is 191 g/mol. The maximum atomic E-state index is 10.9. The number of para-hydroxylation sites is 1. The predicted octanol–water partition coefficient (Wildman–Crippen LogP) is 1.48. The van der Waals surface area contributed by atoms with Crippen LogP contribution in [0, 0.1) is 0 Å². The van der Waals surface area contributed by atoms with Gasteiger partial charge in [-0.1, -0.05) is 6.07 Å². The number of carbonyl (C=O) groups excluding carboxylic acids is 1. The zero-order chi connectivity index (χ0) is 9.97. The van der Waals surface area contributed by atoms with Gasteiger partial charge in [0.05, 0.1) is 17.1 Å². The maximum Gasteiger partial charge on any atom is 0.221 e. The molecule has 0 aromatic heterocycles. The maximum absolute atomic E-state index is 10.9. The van der Waals surface area contributed by atoms with E-state index in [4.69, 9.17) is 0 Å². The standard InChI is InChI=1S/C10H13N3O/c1-7(14)13-9-4-2-3-8-10(9)12-6-5-11-8/h2-4,11-12H,5-6H2,1H3,(H,13,14). The van der Waals surface area contributed by atoms with E-state index in [9.17, 15) is 4.79 Å². The van der Waals surface area contributed by atoms with Gasteiger partial charge in [0.15, 0.2) is 0 Å². The molecule has 1 aromatic rings. The van der Waals surface area contributed by atoms with Gasteiger partial charge in [-0.3, -0.25) is 4.79 Å². The highest BCUT2D eigenvalue weighted by Gasteiger charge is 2.11. The molecule has 0 bridgehead atoms. The lowest BCUT2D eigenvalue weighted by molar-refractivity contribution is -0.114. The number of fused-ring (bicyclic) bond motifs is 1. The fraction of sp³-hybridized carbons (Fsp3) is 0.300. The first-order valence-corrected chi connectivity index (χ1v) is 4.66. The Bertz CT molecular complexity index is 362. The summed E-state index contributed by atoms with van der Waals surface area (Å²) in [7, 11) is 0. The molecule has 0 spiro atoms. The molecule has 4 nitrogen and oxygen atoms in total. The molecular weight excluding hydrogens is 178 g/mol. The smallest absolute Gasteiger partial charge is 0.221 e. The van der Waals surface area contributed by atoms with E-state index >= 15 is 0 Å². The minimum Gasteiger partial charge on any atom is -0.382 e. The van der Waals surface area contributed by atoms with Gasteiger partial charge in [0.25, 0.3) is 0 Å². The summed E-state index contributed by atoms with van der Waals surface area (Å²) in [6.07, 6.45) is 0. The average molecular weight is 191 g/mol. The Kier molecular flexibility index (Phi) is 2.26. The summed E-state index contributed by atoms with van der Waals surface area (Å²) in [6.45, 7) is 3.30. The van der Waals surface area contributed by atoms with E-state index in [-0.39, 0.29) is 5.91 Å². The first-order chi connectivity index (χ1) is 6.77. The van der Waals surface area contributed by atoms with Crippen LogP contribution in [0.5, 0.6) is 0 Å². The minimum atomic E-state index is -0.0502. The van der Waals surface area contributed by atoms with Gasteiger partial charge in [-0.15, -0.1) is 0 Å². The molecule has 1 aromatic carbocycles. The van der Waals surface area contributed by atoms with Crippen molar-refractivity contribution in [3.63, 3.8) is 0 Å². The molecule has 1 aliphatic heterocycles. The van der Waals surface area contributed by atoms with Gasteiger partial charge >= 0.3 is 0 Å². The third kappa shape index (κ3) is 1.64. The van der Waals surface area contributed by atoms with Crippen LogP contribution in [0.25, 0.3) is 0 Å². The molecule has 0 saturated carbocycles. The number of carbonyl (C=O) groups is 1. The molecular formula is C10H13N3O. The third-order valence-electron chi connectivity index (χ3n) is 2.12. The Morgan fingerprint density at radius 2 is 2.14 bits per heavy atom. The highest BCUT2D eigenvalue weighted by Crippen LogP contribution is 2.31. The van der Waals surface area contributed by atoms with Crippen LogP contribution in [0.15, 0.2) is 18.2 Å². The van der Waals surface area contributed by atoms with E-state index < -0.39 is 0 Å². The van der Waals surface area contributed by atoms with Crippen molar-refractivity contribution in [1.82, 2.24) is 0 Å². The first kappa shape index (κ1) is 8.87. The van der Waals surface area contributed by atoms with E-state index in [1.165, 1.54) is 6.92 Å². The Balaban J connectivity index is 2.35. The van der Waals surface area contributed by atoms with Crippen molar-refractivity contribution in [3.8, 4) is 0 Å². The fourth-order valence-corrected chi connectivity index (χ4v) is 1.57. The number of hydrogen-bond donors (Lipinski definition) is 3. The largest absolute Gasteiger partial charge is 0.382 e. The van der Waals surface area contributed by atoms with Crippen molar-refractivity contribution < 1.29 is 4.79 Å². The second-order valence-corrected chi connectivity index (χ2v) is 3.26. The van der Waals surface area contributed by atoms with Gasteiger partial charge in [0.1, 0.15) is 0 Å². The van der Waals surface area contributed by atoms with Crippen LogP contribution in [0.4, 0.5) is 17.1 Å². The molecule has 1 heterocycles. The quantitative estimate of drug-likeness (QED) is 0.630. The number of benzene rings is 1. The van der Waals surface area contributed by atoms with Crippen LogP contribution >= 0.6 is 0 Å². The molecule has 0 saturated heterocycles. The molecule has 0 aliphatic carbocycles. The highest BCUT2D eigenvalue weighted by molar-refractivity contribution is 5.96. The Labute approximate surface area is 82.7 Å². The van der Waals surface area contributed by atoms with Crippen LogP contribution in [0.3, 0.4) is 0 Å². The van der Waals surface area contributed by atoms with Crippen molar-refractivity contribution in [2.75, 3.05) is 29.0 Å². The molecule has 1 amide bonds. The van der Waals surface area contributed by atoms with Gasteiger partial charge in [-0.05, 0) is 12.1 Å². The molecule has 1 aliphatic rings. The number of nitrogens with one attached hydrogen (secondary N) is 3. The highest BCUT2D eigenvalue weighted by atomic mass is 16.1. The van der Waals surface area contributed by atoms with Crippen molar-refractivity contribution in [3.05, 3.63) is 18.2 Å². The van der Waals surface area contributed by atoms with Crippen LogP contribution in [-0.4, -0.2) is 19.0 Å². The number of hydrogen-bond acceptors (Lipinski definition) is 3. The number of anilines is 3. The summed E-state index contributed by atoms with van der Waals surface area (Å²) in [5.41, 5.74) is 2.86. The lowest BCUT2D eigenvalue weighted by Crippen LogP contribution is -2.22. The molecule has 3 N–H and O–H groups in total. The van der Waals surface area contributed by atoms with E-state index in [0.717, 1.165) is 30.2 Å². The van der Waals surface area contributed by atoms with E-state index in [2.05, 4.69) is 16.0 Å². The number of amides is 1. The van der Waals surface area contributed by atoms with Gasteiger partial charge in [0.2, 0.25) is 5.91 Å². The zero-order valence-electron chi connectivity index (χ0n) is 8.05. The summed E-state index contributed by atoms with van der Waals surface area (Å²) in [5.74, 6) is -0.0502. The summed E-state index contributed by atoms with van der Waals surface area (Å²) in [5, 5.41) is 9.31. The van der Waals surface area contributed by atoms with E-state index in [0.29, 0.717) is 0 Å². The molecule has 0 atom stereocenters. The van der Waals surface area contributed by atoms with Crippen LogP contribution in [0.1, 0.15) is 6.92 Å². The van der Waals surface area contributed by atoms with Gasteiger partial charge in [-0.2, -0.15) is 0 Å². The van der Waals surface area contributed by atoms with E-state index in [1.807, 2.05) is 18.2 Å². The summed E-state index contributed by atoms with van der Waals surface area (Å²) >= 11 is 0. The average Bonchev–Trinajstić information content (AvgIpc) is 2.18. The zero-order valence-corrected chi connectivity index (χ0v) is 8.05. The lowest BCUT2D eigenvalue weighted by atomic mass is 10.2. The first-order valence-electron chi connectivity index (χ1n) is 4.66. The van der Waals surface area contributed by atoms with Gasteiger partial charge in [-0.25, -0.2) is 0 Å². The van der Waals surface area contributed by atoms with Crippen molar-refractivity contribution in [2.24, 2.45) is 0 Å². The molecule has 0 fully saturated rings. The molecule has 74 valence electrons. The van der Waals surface area contributed by atoms with Crippen molar-refractivity contribution >= 4 is 23.0 Å².